The van der Waals surface area contributed by atoms with Gasteiger partial charge in [-0.1, -0.05) is 6.07 Å². The van der Waals surface area contributed by atoms with Gasteiger partial charge in [0, 0.05) is 44.3 Å². The van der Waals surface area contributed by atoms with Crippen LogP contribution in [0, 0.1) is 11.6 Å². The first-order valence-corrected chi connectivity index (χ1v) is 10.4. The zero-order chi connectivity index (χ0) is 23.2. The van der Waals surface area contributed by atoms with Crippen LogP contribution >= 0.6 is 0 Å². The fraction of sp³-hybridized carbons (Fsp3) is 0.409. The normalized spacial score (nSPS) is 19.2. The van der Waals surface area contributed by atoms with Gasteiger partial charge < -0.3 is 24.6 Å². The van der Waals surface area contributed by atoms with Gasteiger partial charge in [0.05, 0.1) is 11.7 Å². The minimum Gasteiger partial charge on any atom is -0.503 e. The molecule has 0 radical (unpaired) electrons. The largest absolute Gasteiger partial charge is 0.503 e. The Bertz CT molecular complexity index is 1160. The zero-order valence-corrected chi connectivity index (χ0v) is 17.7. The van der Waals surface area contributed by atoms with Gasteiger partial charge in [-0.2, -0.15) is 0 Å². The van der Waals surface area contributed by atoms with Gasteiger partial charge in [-0.3, -0.25) is 14.4 Å². The van der Waals surface area contributed by atoms with Gasteiger partial charge in [-0.15, -0.1) is 0 Å². The summed E-state index contributed by atoms with van der Waals surface area (Å²) in [7, 11) is 0. The van der Waals surface area contributed by atoms with Crippen molar-refractivity contribution in [1.82, 2.24) is 14.8 Å². The first-order valence-electron chi connectivity index (χ1n) is 10.4. The van der Waals surface area contributed by atoms with E-state index < -0.39 is 40.7 Å². The minimum absolute atomic E-state index is 0.0338. The van der Waals surface area contributed by atoms with Gasteiger partial charge in [0.1, 0.15) is 23.3 Å². The molecule has 8 nitrogen and oxygen atoms in total. The molecule has 4 rings (SSSR count). The van der Waals surface area contributed by atoms with E-state index in [4.69, 9.17) is 4.74 Å². The number of pyridine rings is 1. The van der Waals surface area contributed by atoms with Gasteiger partial charge in [0.2, 0.25) is 5.43 Å². The topological polar surface area (TPSA) is 101 Å². The van der Waals surface area contributed by atoms with Crippen LogP contribution in [-0.4, -0.2) is 46.1 Å². The summed E-state index contributed by atoms with van der Waals surface area (Å²) < 4.78 is 34.4. The maximum absolute atomic E-state index is 13.9. The highest BCUT2D eigenvalue weighted by atomic mass is 19.1. The third kappa shape index (κ3) is 3.44. The van der Waals surface area contributed by atoms with Gasteiger partial charge in [0.25, 0.3) is 11.8 Å². The maximum Gasteiger partial charge on any atom is 0.274 e. The molecule has 0 unspecified atom stereocenters. The molecule has 0 spiro atoms. The maximum atomic E-state index is 13.9. The Labute approximate surface area is 182 Å². The van der Waals surface area contributed by atoms with Crippen LogP contribution in [0.15, 0.2) is 23.0 Å². The van der Waals surface area contributed by atoms with Gasteiger partial charge in [-0.25, -0.2) is 8.78 Å². The molecule has 2 aliphatic rings. The number of amides is 2. The Morgan fingerprint density at radius 3 is 2.69 bits per heavy atom. The number of ether oxygens (including phenoxy) is 1. The lowest BCUT2D eigenvalue weighted by molar-refractivity contribution is 0.0536. The first-order chi connectivity index (χ1) is 15.3. The lowest BCUT2D eigenvalue weighted by Gasteiger charge is -2.33. The molecule has 3 heterocycles. The smallest absolute Gasteiger partial charge is 0.274 e. The lowest BCUT2D eigenvalue weighted by Crippen LogP contribution is -2.44. The number of nitrogens with one attached hydrogen (secondary N) is 1. The molecule has 0 fully saturated rings. The number of aromatic hydroxyl groups is 1. The fourth-order valence-electron chi connectivity index (χ4n) is 4.47. The minimum atomic E-state index is -0.986. The quantitative estimate of drug-likeness (QED) is 0.708. The van der Waals surface area contributed by atoms with Crippen LogP contribution in [0.25, 0.3) is 0 Å². The number of nitrogens with zero attached hydrogens (tertiary/aromatic N) is 2. The molecule has 2 aliphatic heterocycles. The number of carbonyl (C=O) groups excluding carboxylic acids is 2. The average molecular weight is 447 g/mol. The van der Waals surface area contributed by atoms with E-state index in [-0.39, 0.29) is 35.1 Å². The molecule has 0 bridgehead atoms. The number of aromatic nitrogens is 1. The van der Waals surface area contributed by atoms with Crippen molar-refractivity contribution in [3.8, 4) is 5.75 Å². The second-order valence-corrected chi connectivity index (χ2v) is 7.75. The summed E-state index contributed by atoms with van der Waals surface area (Å²) in [5.74, 6) is -3.71. The van der Waals surface area contributed by atoms with Crippen LogP contribution in [0.2, 0.25) is 0 Å². The summed E-state index contributed by atoms with van der Waals surface area (Å²) in [6.45, 7) is 4.37. The molecule has 2 amide bonds. The molecule has 1 aromatic carbocycles. The van der Waals surface area contributed by atoms with Crippen molar-refractivity contribution < 1.29 is 28.2 Å². The summed E-state index contributed by atoms with van der Waals surface area (Å²) >= 11 is 0. The number of rotatable bonds is 6. The number of benzene rings is 1. The molecule has 1 aromatic heterocycles. The van der Waals surface area contributed by atoms with Gasteiger partial charge >= 0.3 is 0 Å². The number of hydrogen-bond donors (Lipinski definition) is 2. The van der Waals surface area contributed by atoms with Crippen LogP contribution in [0.3, 0.4) is 0 Å². The van der Waals surface area contributed by atoms with Crippen molar-refractivity contribution in [2.24, 2.45) is 0 Å². The van der Waals surface area contributed by atoms with Crippen molar-refractivity contribution in [3.05, 3.63) is 62.6 Å². The van der Waals surface area contributed by atoms with E-state index in [0.29, 0.717) is 32.2 Å². The summed E-state index contributed by atoms with van der Waals surface area (Å²) in [6, 6.07) is 2.69. The molecular formula is C22H23F2N3O5. The highest BCUT2D eigenvalue weighted by Gasteiger charge is 2.45. The number of carbonyl (C=O) groups is 2. The van der Waals surface area contributed by atoms with Crippen LogP contribution in [0.4, 0.5) is 8.78 Å². The van der Waals surface area contributed by atoms with E-state index in [0.717, 1.165) is 6.07 Å². The molecule has 10 heteroatoms. The molecule has 2 atom stereocenters. The predicted octanol–water partition coefficient (Wildman–Crippen LogP) is 2.26. The van der Waals surface area contributed by atoms with E-state index in [2.05, 4.69) is 5.32 Å². The van der Waals surface area contributed by atoms with Crippen molar-refractivity contribution in [2.45, 2.75) is 39.0 Å². The second kappa shape index (κ2) is 8.34. The molecule has 0 saturated carbocycles. The van der Waals surface area contributed by atoms with E-state index in [9.17, 15) is 28.3 Å². The van der Waals surface area contributed by atoms with E-state index >= 15 is 0 Å². The SMILES string of the molecule is CCO[C@@H]1C[C@H]2CN(CC)C(=O)c3c(O)c(=O)c(C(=O)NCc4ccc(F)cc4F)c1n32. The molecule has 2 N–H and O–H groups in total. The third-order valence-corrected chi connectivity index (χ3v) is 5.93. The van der Waals surface area contributed by atoms with E-state index in [1.807, 2.05) is 0 Å². The first kappa shape index (κ1) is 21.9. The highest BCUT2D eigenvalue weighted by molar-refractivity contribution is 6.00. The standard InChI is InChI=1S/C22H23F2N3O5/c1-3-26-10-13-8-15(32-4-2)17-16(19(28)20(29)18(22(26)31)27(13)17)21(30)25-9-11-5-6-12(23)7-14(11)24/h5-7,13,15,29H,3-4,8-10H2,1-2H3,(H,25,30)/t13-,15+/m0/s1. The number of likely N-dealkylation sites (N-methyl/N-ethyl adjacent to an activating group) is 1. The Kier molecular flexibility index (Phi) is 5.72. The van der Waals surface area contributed by atoms with Gasteiger partial charge in [-0.05, 0) is 19.9 Å². The van der Waals surface area contributed by atoms with Crippen molar-refractivity contribution in [3.63, 3.8) is 0 Å². The third-order valence-electron chi connectivity index (χ3n) is 5.93. The Balaban J connectivity index is 1.78. The highest BCUT2D eigenvalue weighted by Crippen LogP contribution is 2.43. The zero-order valence-electron chi connectivity index (χ0n) is 17.7. The van der Waals surface area contributed by atoms with Crippen LogP contribution in [0.5, 0.6) is 5.75 Å². The lowest BCUT2D eigenvalue weighted by atomic mass is 10.1. The molecule has 32 heavy (non-hydrogen) atoms. The monoisotopic (exact) mass is 447 g/mol. The fourth-order valence-corrected chi connectivity index (χ4v) is 4.47. The average Bonchev–Trinajstić information content (AvgIpc) is 3.10. The van der Waals surface area contributed by atoms with Crippen molar-refractivity contribution >= 4 is 11.8 Å². The van der Waals surface area contributed by atoms with Crippen LogP contribution < -0.4 is 10.7 Å². The Morgan fingerprint density at radius 2 is 2.03 bits per heavy atom. The number of halogens is 2. The van der Waals surface area contributed by atoms with Gasteiger partial charge in [0.15, 0.2) is 11.4 Å². The molecule has 170 valence electrons. The summed E-state index contributed by atoms with van der Waals surface area (Å²) in [5, 5.41) is 13.1. The Hall–Kier alpha value is -3.27. The van der Waals surface area contributed by atoms with E-state index in [1.54, 1.807) is 18.4 Å². The Morgan fingerprint density at radius 1 is 1.28 bits per heavy atom. The molecule has 0 saturated heterocycles. The van der Waals surface area contributed by atoms with Crippen LogP contribution in [-0.2, 0) is 11.3 Å². The summed E-state index contributed by atoms with van der Waals surface area (Å²) in [6.07, 6.45) is -0.189. The second-order valence-electron chi connectivity index (χ2n) is 7.75. The molecular weight excluding hydrogens is 424 g/mol. The van der Waals surface area contributed by atoms with Crippen molar-refractivity contribution in [2.75, 3.05) is 19.7 Å². The van der Waals surface area contributed by atoms with E-state index in [1.165, 1.54) is 11.0 Å². The molecule has 0 aliphatic carbocycles. The number of hydrogen-bond acceptors (Lipinski definition) is 5. The predicted molar refractivity (Wildman–Crippen MR) is 109 cm³/mol. The van der Waals surface area contributed by atoms with Crippen LogP contribution in [0.1, 0.15) is 64.5 Å². The summed E-state index contributed by atoms with van der Waals surface area (Å²) in [4.78, 5) is 40.4. The molecule has 2 aromatic rings. The summed E-state index contributed by atoms with van der Waals surface area (Å²) in [5.41, 5.74) is -1.21. The van der Waals surface area contributed by atoms with Crippen molar-refractivity contribution in [1.29, 1.82) is 0 Å².